The van der Waals surface area contributed by atoms with Gasteiger partial charge in [0.1, 0.15) is 0 Å². The molecule has 4 nitrogen and oxygen atoms in total. The topological polar surface area (TPSA) is 86.7 Å². The minimum Gasteiger partial charge on any atom is -0.432 e. The molecule has 0 amide bonds. The number of hydrogen-bond donors (Lipinski definition) is 4. The molecular weight excluding hydrogens is 174 g/mol. The summed E-state index contributed by atoms with van der Waals surface area (Å²) in [6.45, 7) is 0.576. The zero-order chi connectivity index (χ0) is 9.45. The van der Waals surface area contributed by atoms with E-state index in [-0.39, 0.29) is 13.2 Å². The Labute approximate surface area is 74.2 Å². The average molecular weight is 193 g/mol. The summed E-state index contributed by atoms with van der Waals surface area (Å²) >= 11 is 0. The van der Waals surface area contributed by atoms with E-state index in [0.29, 0.717) is 24.7 Å². The van der Waals surface area contributed by atoms with Gasteiger partial charge in [-0.05, 0) is 31.1 Å². The highest BCUT2D eigenvalue weighted by Gasteiger charge is 2.28. The van der Waals surface area contributed by atoms with Gasteiger partial charge < -0.3 is 20.7 Å². The molecule has 0 aromatic rings. The lowest BCUT2D eigenvalue weighted by molar-refractivity contribution is 0.294. The molecule has 0 saturated heterocycles. The molecule has 0 aromatic carbocycles. The van der Waals surface area contributed by atoms with Gasteiger partial charge in [0.2, 0.25) is 0 Å². The van der Waals surface area contributed by atoms with Crippen molar-refractivity contribution in [3.63, 3.8) is 0 Å². The maximum atomic E-state index is 9.91. The minimum absolute atomic E-state index is 0.00724. The van der Waals surface area contributed by atoms with E-state index >= 15 is 0 Å². The monoisotopic (exact) mass is 193 g/mol. The van der Waals surface area contributed by atoms with Crippen LogP contribution >= 0.6 is 0 Å². The first-order valence-electron chi connectivity index (χ1n) is 4.32. The van der Waals surface area contributed by atoms with E-state index in [1.807, 2.05) is 0 Å². The molecule has 0 rings (SSSR count). The first-order valence-corrected chi connectivity index (χ1v) is 6.89. The first kappa shape index (κ1) is 12.1. The Hall–Kier alpha value is 0.0569. The molecule has 0 fully saturated rings. The summed E-state index contributed by atoms with van der Waals surface area (Å²) in [5, 5.41) is 17.4. The van der Waals surface area contributed by atoms with Crippen LogP contribution in [0.5, 0.6) is 0 Å². The van der Waals surface area contributed by atoms with Crippen LogP contribution in [0.2, 0.25) is 18.1 Å². The van der Waals surface area contributed by atoms with Crippen LogP contribution in [0.1, 0.15) is 6.42 Å². The van der Waals surface area contributed by atoms with Crippen molar-refractivity contribution < 1.29 is 15.0 Å². The summed E-state index contributed by atoms with van der Waals surface area (Å²) in [5.74, 6) is 0. The standard InChI is InChI=1S/C7H19NO3Si/c8-2-1-5-12(11,6-3-9)7-4-10/h9-11H,1-8H2. The van der Waals surface area contributed by atoms with E-state index in [1.165, 1.54) is 0 Å². The van der Waals surface area contributed by atoms with Crippen LogP contribution in [-0.2, 0) is 0 Å². The fourth-order valence-corrected chi connectivity index (χ4v) is 3.67. The summed E-state index contributed by atoms with van der Waals surface area (Å²) in [6, 6.07) is 1.59. The molecule has 12 heavy (non-hydrogen) atoms. The van der Waals surface area contributed by atoms with Gasteiger partial charge >= 0.3 is 0 Å². The molecule has 0 bridgehead atoms. The van der Waals surface area contributed by atoms with E-state index in [1.54, 1.807) is 0 Å². The molecule has 0 saturated carbocycles. The van der Waals surface area contributed by atoms with E-state index < -0.39 is 8.32 Å². The van der Waals surface area contributed by atoms with Crippen molar-refractivity contribution in [2.45, 2.75) is 24.6 Å². The van der Waals surface area contributed by atoms with Crippen molar-refractivity contribution in [2.24, 2.45) is 5.73 Å². The number of rotatable bonds is 7. The third-order valence-electron chi connectivity index (χ3n) is 2.00. The molecule has 5 N–H and O–H groups in total. The second-order valence-corrected chi connectivity index (χ2v) is 7.01. The Morgan fingerprint density at radius 2 is 1.50 bits per heavy atom. The Bertz CT molecular complexity index is 107. The van der Waals surface area contributed by atoms with Gasteiger partial charge in [-0.3, -0.25) is 0 Å². The lowest BCUT2D eigenvalue weighted by Crippen LogP contribution is -2.36. The number of aliphatic hydroxyl groups is 2. The first-order chi connectivity index (χ1) is 5.68. The van der Waals surface area contributed by atoms with E-state index in [0.717, 1.165) is 6.42 Å². The fourth-order valence-electron chi connectivity index (χ4n) is 1.22. The van der Waals surface area contributed by atoms with Crippen LogP contribution in [-0.4, -0.2) is 43.1 Å². The highest BCUT2D eigenvalue weighted by molar-refractivity contribution is 6.72. The van der Waals surface area contributed by atoms with Crippen LogP contribution in [0.25, 0.3) is 0 Å². The minimum atomic E-state index is -2.35. The van der Waals surface area contributed by atoms with Gasteiger partial charge in [-0.15, -0.1) is 0 Å². The van der Waals surface area contributed by atoms with Gasteiger partial charge in [0.05, 0.1) is 0 Å². The molecule has 0 spiro atoms. The maximum absolute atomic E-state index is 9.91. The molecule has 0 aliphatic carbocycles. The third-order valence-corrected chi connectivity index (χ3v) is 5.59. The smallest absolute Gasteiger partial charge is 0.193 e. The van der Waals surface area contributed by atoms with Gasteiger partial charge in [-0.1, -0.05) is 0 Å². The highest BCUT2D eigenvalue weighted by atomic mass is 28.4. The molecule has 0 radical (unpaired) electrons. The van der Waals surface area contributed by atoms with Crippen LogP contribution in [0.15, 0.2) is 0 Å². The molecule has 0 atom stereocenters. The van der Waals surface area contributed by atoms with E-state index in [9.17, 15) is 4.80 Å². The van der Waals surface area contributed by atoms with E-state index in [4.69, 9.17) is 15.9 Å². The normalized spacial score (nSPS) is 12.0. The average Bonchev–Trinajstić information content (AvgIpc) is 2.02. The van der Waals surface area contributed by atoms with Gasteiger partial charge in [0, 0.05) is 13.2 Å². The van der Waals surface area contributed by atoms with Gasteiger partial charge in [0.25, 0.3) is 0 Å². The Balaban J connectivity index is 3.80. The summed E-state index contributed by atoms with van der Waals surface area (Å²) in [4.78, 5) is 9.91. The van der Waals surface area contributed by atoms with Crippen LogP contribution < -0.4 is 5.73 Å². The molecule has 5 heteroatoms. The highest BCUT2D eigenvalue weighted by Crippen LogP contribution is 2.18. The molecule has 0 unspecified atom stereocenters. The Kier molecular flexibility index (Phi) is 6.59. The molecular formula is C7H19NO3Si. The number of nitrogens with two attached hydrogens (primary N) is 1. The second kappa shape index (κ2) is 6.56. The summed E-state index contributed by atoms with van der Waals surface area (Å²) in [6.07, 6.45) is 0.780. The lowest BCUT2D eigenvalue weighted by atomic mass is 10.5. The Morgan fingerprint density at radius 1 is 1.00 bits per heavy atom. The van der Waals surface area contributed by atoms with Gasteiger partial charge in [-0.25, -0.2) is 0 Å². The van der Waals surface area contributed by atoms with Crippen molar-refractivity contribution in [1.82, 2.24) is 0 Å². The van der Waals surface area contributed by atoms with Gasteiger partial charge in [0.15, 0.2) is 8.32 Å². The molecule has 0 aliphatic heterocycles. The van der Waals surface area contributed by atoms with Crippen LogP contribution in [0.4, 0.5) is 0 Å². The number of hydrogen-bond acceptors (Lipinski definition) is 4. The molecule has 0 aliphatic rings. The van der Waals surface area contributed by atoms with Crippen molar-refractivity contribution in [1.29, 1.82) is 0 Å². The van der Waals surface area contributed by atoms with Crippen molar-refractivity contribution in [3.8, 4) is 0 Å². The van der Waals surface area contributed by atoms with Crippen molar-refractivity contribution in [2.75, 3.05) is 19.8 Å². The zero-order valence-electron chi connectivity index (χ0n) is 7.37. The van der Waals surface area contributed by atoms with E-state index in [2.05, 4.69) is 0 Å². The third kappa shape index (κ3) is 4.84. The second-order valence-electron chi connectivity index (χ2n) is 3.06. The van der Waals surface area contributed by atoms with Crippen molar-refractivity contribution >= 4 is 8.32 Å². The fraction of sp³-hybridized carbons (Fsp3) is 1.00. The summed E-state index contributed by atoms with van der Waals surface area (Å²) < 4.78 is 0. The molecule has 0 heterocycles. The quantitative estimate of drug-likeness (QED) is 0.401. The van der Waals surface area contributed by atoms with Crippen molar-refractivity contribution in [3.05, 3.63) is 0 Å². The van der Waals surface area contributed by atoms with Crippen LogP contribution in [0, 0.1) is 0 Å². The molecule has 74 valence electrons. The number of aliphatic hydroxyl groups excluding tert-OH is 2. The predicted molar refractivity (Wildman–Crippen MR) is 50.2 cm³/mol. The predicted octanol–water partition coefficient (Wildman–Crippen LogP) is -0.742. The van der Waals surface area contributed by atoms with Crippen LogP contribution in [0.3, 0.4) is 0 Å². The summed E-state index contributed by atoms with van der Waals surface area (Å²) in [5.41, 5.74) is 5.31. The summed E-state index contributed by atoms with van der Waals surface area (Å²) in [7, 11) is -2.35. The Morgan fingerprint density at radius 3 is 1.83 bits per heavy atom. The zero-order valence-corrected chi connectivity index (χ0v) is 8.37. The molecule has 0 aromatic heterocycles. The SMILES string of the molecule is NCCC[Si](O)(CCO)CCO. The lowest BCUT2D eigenvalue weighted by Gasteiger charge is -2.22. The largest absolute Gasteiger partial charge is 0.432 e. The maximum Gasteiger partial charge on any atom is 0.193 e. The van der Waals surface area contributed by atoms with Gasteiger partial charge in [-0.2, -0.15) is 0 Å².